The Morgan fingerprint density at radius 3 is 2.07 bits per heavy atom. The highest BCUT2D eigenvalue weighted by Gasteiger charge is 2.27. The van der Waals surface area contributed by atoms with Gasteiger partial charge in [0.2, 0.25) is 0 Å². The average molecular weight is 238 g/mol. The Bertz CT molecular complexity index is 213. The minimum absolute atomic E-state index is 0.173. The zero-order chi connectivity index (χ0) is 12.1. The van der Waals surface area contributed by atoms with Gasteiger partial charge in [-0.3, -0.25) is 4.52 Å². The molecule has 0 bridgehead atoms. The van der Waals surface area contributed by atoms with Gasteiger partial charge in [-0.15, -0.1) is 0 Å². The highest BCUT2D eigenvalue weighted by molar-refractivity contribution is 7.46. The Balaban J connectivity index is 4.38. The van der Waals surface area contributed by atoms with Gasteiger partial charge in [0.25, 0.3) is 0 Å². The summed E-state index contributed by atoms with van der Waals surface area (Å²) in [5.74, 6) is 0.599. The molecule has 92 valence electrons. The summed E-state index contributed by atoms with van der Waals surface area (Å²) < 4.78 is 15.6. The zero-order valence-electron chi connectivity index (χ0n) is 10.0. The van der Waals surface area contributed by atoms with E-state index < -0.39 is 7.82 Å². The molecule has 0 aromatic rings. The number of phosphoric ester groups is 1. The summed E-state index contributed by atoms with van der Waals surface area (Å²) in [4.78, 5) is 17.6. The van der Waals surface area contributed by atoms with Crippen LogP contribution in [0, 0.1) is 11.8 Å². The van der Waals surface area contributed by atoms with E-state index in [1.54, 1.807) is 0 Å². The first-order valence-corrected chi connectivity index (χ1v) is 7.07. The Labute approximate surface area is 92.3 Å². The SMILES string of the molecule is CCC(C)CC(OP(=O)(O)O)C(C)CC. The third-order valence-corrected chi connectivity index (χ3v) is 3.43. The molecule has 15 heavy (non-hydrogen) atoms. The topological polar surface area (TPSA) is 66.8 Å². The van der Waals surface area contributed by atoms with Gasteiger partial charge in [-0.25, -0.2) is 4.57 Å². The first kappa shape index (κ1) is 15.1. The van der Waals surface area contributed by atoms with E-state index >= 15 is 0 Å². The van der Waals surface area contributed by atoms with Crippen LogP contribution >= 0.6 is 7.82 Å². The van der Waals surface area contributed by atoms with Crippen LogP contribution in [0.2, 0.25) is 0 Å². The number of hydrogen-bond donors (Lipinski definition) is 2. The zero-order valence-corrected chi connectivity index (χ0v) is 10.9. The van der Waals surface area contributed by atoms with Crippen molar-refractivity contribution in [2.75, 3.05) is 0 Å². The molecule has 0 aliphatic carbocycles. The lowest BCUT2D eigenvalue weighted by molar-refractivity contribution is 0.0742. The molecule has 0 aromatic heterocycles. The van der Waals surface area contributed by atoms with E-state index in [0.717, 1.165) is 12.8 Å². The molecule has 4 nitrogen and oxygen atoms in total. The van der Waals surface area contributed by atoms with Crippen LogP contribution in [0.25, 0.3) is 0 Å². The van der Waals surface area contributed by atoms with Crippen LogP contribution in [0.4, 0.5) is 0 Å². The van der Waals surface area contributed by atoms with Gasteiger partial charge < -0.3 is 9.79 Å². The normalized spacial score (nSPS) is 18.5. The van der Waals surface area contributed by atoms with Crippen LogP contribution in [0.1, 0.15) is 47.0 Å². The third kappa shape index (κ3) is 7.07. The molecule has 2 N–H and O–H groups in total. The first-order valence-electron chi connectivity index (χ1n) is 5.54. The summed E-state index contributed by atoms with van der Waals surface area (Å²) in [6.07, 6.45) is 2.22. The lowest BCUT2D eigenvalue weighted by atomic mass is 9.92. The molecular weight excluding hydrogens is 215 g/mol. The summed E-state index contributed by atoms with van der Waals surface area (Å²) in [6.45, 7) is 8.09. The largest absolute Gasteiger partial charge is 0.469 e. The van der Waals surface area contributed by atoms with E-state index in [4.69, 9.17) is 14.3 Å². The Morgan fingerprint density at radius 1 is 1.20 bits per heavy atom. The lowest BCUT2D eigenvalue weighted by Crippen LogP contribution is -2.23. The summed E-state index contributed by atoms with van der Waals surface area (Å²) in [7, 11) is -4.36. The maximum atomic E-state index is 10.8. The van der Waals surface area contributed by atoms with Gasteiger partial charge in [0.05, 0.1) is 6.10 Å². The molecule has 3 atom stereocenters. The minimum Gasteiger partial charge on any atom is -0.303 e. The van der Waals surface area contributed by atoms with Crippen molar-refractivity contribution in [3.05, 3.63) is 0 Å². The smallest absolute Gasteiger partial charge is 0.303 e. The highest BCUT2D eigenvalue weighted by atomic mass is 31.2. The van der Waals surface area contributed by atoms with Crippen molar-refractivity contribution in [1.29, 1.82) is 0 Å². The van der Waals surface area contributed by atoms with Crippen molar-refractivity contribution in [3.63, 3.8) is 0 Å². The van der Waals surface area contributed by atoms with Crippen molar-refractivity contribution in [3.8, 4) is 0 Å². The summed E-state index contributed by atoms with van der Waals surface area (Å²) in [6, 6.07) is 0. The molecule has 0 amide bonds. The molecule has 0 aromatic carbocycles. The van der Waals surface area contributed by atoms with E-state index in [1.165, 1.54) is 0 Å². The van der Waals surface area contributed by atoms with Crippen LogP contribution in [0.5, 0.6) is 0 Å². The second kappa shape index (κ2) is 6.64. The van der Waals surface area contributed by atoms with E-state index in [0.29, 0.717) is 12.3 Å². The maximum Gasteiger partial charge on any atom is 0.469 e. The molecule has 5 heteroatoms. The second-order valence-corrected chi connectivity index (χ2v) is 5.46. The van der Waals surface area contributed by atoms with Gasteiger partial charge in [-0.1, -0.05) is 40.5 Å². The van der Waals surface area contributed by atoms with Gasteiger partial charge in [-0.2, -0.15) is 0 Å². The fourth-order valence-electron chi connectivity index (χ4n) is 1.38. The third-order valence-electron chi connectivity index (χ3n) is 2.88. The van der Waals surface area contributed by atoms with Crippen LogP contribution in [-0.2, 0) is 9.09 Å². The highest BCUT2D eigenvalue weighted by Crippen LogP contribution is 2.41. The molecule has 0 radical (unpaired) electrons. The van der Waals surface area contributed by atoms with E-state index in [1.807, 2.05) is 13.8 Å². The van der Waals surface area contributed by atoms with Crippen molar-refractivity contribution < 1.29 is 18.9 Å². The molecule has 3 unspecified atom stereocenters. The van der Waals surface area contributed by atoms with Crippen molar-refractivity contribution in [2.45, 2.75) is 53.1 Å². The van der Waals surface area contributed by atoms with Gasteiger partial charge in [0.1, 0.15) is 0 Å². The van der Waals surface area contributed by atoms with Gasteiger partial charge in [0.15, 0.2) is 0 Å². The average Bonchev–Trinajstić information content (AvgIpc) is 2.13. The van der Waals surface area contributed by atoms with E-state index in [-0.39, 0.29) is 12.0 Å². The van der Waals surface area contributed by atoms with Gasteiger partial charge in [-0.05, 0) is 18.3 Å². The van der Waals surface area contributed by atoms with Crippen molar-refractivity contribution in [2.24, 2.45) is 11.8 Å². The van der Waals surface area contributed by atoms with Crippen LogP contribution < -0.4 is 0 Å². The standard InChI is InChI=1S/C10H23O4P/c1-5-8(3)7-10(9(4)6-2)14-15(11,12)13/h8-10H,5-7H2,1-4H3,(H2,11,12,13). The molecule has 0 spiro atoms. The quantitative estimate of drug-likeness (QED) is 0.669. The predicted octanol–water partition coefficient (Wildman–Crippen LogP) is 2.95. The van der Waals surface area contributed by atoms with E-state index in [9.17, 15) is 4.57 Å². The Hall–Kier alpha value is 0.110. The van der Waals surface area contributed by atoms with Crippen LogP contribution in [0.3, 0.4) is 0 Å². The molecule has 0 aliphatic heterocycles. The minimum atomic E-state index is -4.36. The van der Waals surface area contributed by atoms with Crippen LogP contribution in [0.15, 0.2) is 0 Å². The maximum absolute atomic E-state index is 10.8. The van der Waals surface area contributed by atoms with Gasteiger partial charge in [0, 0.05) is 0 Å². The molecule has 0 saturated heterocycles. The molecule has 0 rings (SSSR count). The monoisotopic (exact) mass is 238 g/mol. The second-order valence-electron chi connectivity index (χ2n) is 4.27. The number of phosphoric acid groups is 1. The summed E-state index contributed by atoms with van der Waals surface area (Å²) in [5.41, 5.74) is 0. The van der Waals surface area contributed by atoms with Crippen molar-refractivity contribution >= 4 is 7.82 Å². The van der Waals surface area contributed by atoms with E-state index in [2.05, 4.69) is 13.8 Å². The lowest BCUT2D eigenvalue weighted by Gasteiger charge is -2.25. The van der Waals surface area contributed by atoms with Crippen molar-refractivity contribution in [1.82, 2.24) is 0 Å². The fourth-order valence-corrected chi connectivity index (χ4v) is 2.03. The van der Waals surface area contributed by atoms with Crippen LogP contribution in [-0.4, -0.2) is 15.9 Å². The number of rotatable bonds is 7. The Morgan fingerprint density at radius 2 is 1.73 bits per heavy atom. The van der Waals surface area contributed by atoms with Gasteiger partial charge >= 0.3 is 7.82 Å². The Kier molecular flexibility index (Phi) is 6.69. The molecule has 0 fully saturated rings. The summed E-state index contributed by atoms with van der Waals surface area (Å²) >= 11 is 0. The molecule has 0 aliphatic rings. The number of hydrogen-bond acceptors (Lipinski definition) is 2. The molecule has 0 saturated carbocycles. The fraction of sp³-hybridized carbons (Fsp3) is 1.00. The predicted molar refractivity (Wildman–Crippen MR) is 60.4 cm³/mol. The first-order chi connectivity index (χ1) is 6.80. The summed E-state index contributed by atoms with van der Waals surface area (Å²) in [5, 5.41) is 0. The molecule has 0 heterocycles. The molecular formula is C10H23O4P.